The SMILES string of the molecule is CC1=C(c2nc(-c3ccc(C)cc3)no2)C(c2ccc(F)cc2)NC(=O)N1c1cc(C)cc(C)c1. The minimum absolute atomic E-state index is 0.288. The van der Waals surface area contributed by atoms with Gasteiger partial charge in [0.05, 0.1) is 17.3 Å². The van der Waals surface area contributed by atoms with Crippen LogP contribution in [-0.2, 0) is 0 Å². The van der Waals surface area contributed by atoms with E-state index in [1.165, 1.54) is 12.1 Å². The van der Waals surface area contributed by atoms with Gasteiger partial charge in [-0.05, 0) is 68.7 Å². The summed E-state index contributed by atoms with van der Waals surface area (Å²) in [5.41, 5.74) is 6.81. The second kappa shape index (κ2) is 8.83. The number of rotatable bonds is 4. The van der Waals surface area contributed by atoms with Crippen molar-refractivity contribution in [3.63, 3.8) is 0 Å². The van der Waals surface area contributed by atoms with Gasteiger partial charge in [0.1, 0.15) is 5.82 Å². The molecule has 1 N–H and O–H groups in total. The molecule has 176 valence electrons. The number of urea groups is 1. The first-order valence-electron chi connectivity index (χ1n) is 11.4. The van der Waals surface area contributed by atoms with E-state index >= 15 is 0 Å². The van der Waals surface area contributed by atoms with Crippen LogP contribution in [0.5, 0.6) is 0 Å². The van der Waals surface area contributed by atoms with E-state index in [-0.39, 0.29) is 11.8 Å². The molecule has 7 heteroatoms. The summed E-state index contributed by atoms with van der Waals surface area (Å²) in [5.74, 6) is 0.393. The van der Waals surface area contributed by atoms with Gasteiger partial charge in [-0.1, -0.05) is 53.2 Å². The highest BCUT2D eigenvalue weighted by Gasteiger charge is 2.36. The second-order valence-electron chi connectivity index (χ2n) is 8.90. The van der Waals surface area contributed by atoms with Crippen molar-refractivity contribution in [1.29, 1.82) is 0 Å². The molecule has 1 aromatic heterocycles. The Labute approximate surface area is 203 Å². The quantitative estimate of drug-likeness (QED) is 0.371. The van der Waals surface area contributed by atoms with Gasteiger partial charge in [0, 0.05) is 11.3 Å². The minimum Gasteiger partial charge on any atom is -0.334 e. The van der Waals surface area contributed by atoms with Crippen LogP contribution < -0.4 is 10.2 Å². The van der Waals surface area contributed by atoms with Gasteiger partial charge in [-0.15, -0.1) is 0 Å². The third kappa shape index (κ3) is 4.33. The van der Waals surface area contributed by atoms with Crippen LogP contribution >= 0.6 is 0 Å². The largest absolute Gasteiger partial charge is 0.334 e. The lowest BCUT2D eigenvalue weighted by Gasteiger charge is -2.35. The number of nitrogens with one attached hydrogen (secondary N) is 1. The fraction of sp³-hybridized carbons (Fsp3) is 0.179. The molecule has 3 aromatic carbocycles. The zero-order chi connectivity index (χ0) is 24.7. The molecule has 0 radical (unpaired) electrons. The van der Waals surface area contributed by atoms with Crippen molar-refractivity contribution in [2.45, 2.75) is 33.7 Å². The number of nitrogens with zero attached hydrogens (tertiary/aromatic N) is 3. The summed E-state index contributed by atoms with van der Waals surface area (Å²) in [6, 6.07) is 19.0. The van der Waals surface area contributed by atoms with Gasteiger partial charge < -0.3 is 9.84 Å². The fourth-order valence-electron chi connectivity index (χ4n) is 4.47. The number of hydrogen-bond donors (Lipinski definition) is 1. The molecule has 0 bridgehead atoms. The number of carbonyl (C=O) groups excluding carboxylic acids is 1. The van der Waals surface area contributed by atoms with Crippen molar-refractivity contribution in [2.24, 2.45) is 0 Å². The van der Waals surface area contributed by atoms with Crippen LogP contribution in [0, 0.1) is 26.6 Å². The van der Waals surface area contributed by atoms with Crippen LogP contribution in [-0.4, -0.2) is 16.2 Å². The van der Waals surface area contributed by atoms with Crippen LogP contribution in [0.3, 0.4) is 0 Å². The standard InChI is InChI=1S/C28H25FN4O2/c1-16-5-7-21(8-6-16)26-31-27(35-32-26)24-19(4)33(23-14-17(2)13-18(3)15-23)28(34)30-25(24)20-9-11-22(29)12-10-20/h5-15,25H,1-4H3,(H,30,34). The maximum atomic E-state index is 13.7. The monoisotopic (exact) mass is 468 g/mol. The first-order valence-corrected chi connectivity index (χ1v) is 11.4. The summed E-state index contributed by atoms with van der Waals surface area (Å²) >= 11 is 0. The molecule has 5 rings (SSSR count). The number of aromatic nitrogens is 2. The number of allylic oxidation sites excluding steroid dienone is 1. The van der Waals surface area contributed by atoms with Crippen LogP contribution in [0.15, 0.2) is 77.0 Å². The molecular weight excluding hydrogens is 443 g/mol. The maximum Gasteiger partial charge on any atom is 0.326 e. The predicted octanol–water partition coefficient (Wildman–Crippen LogP) is 6.50. The topological polar surface area (TPSA) is 71.3 Å². The smallest absolute Gasteiger partial charge is 0.326 e. The molecule has 2 heterocycles. The number of benzene rings is 3. The van der Waals surface area contributed by atoms with E-state index in [1.54, 1.807) is 17.0 Å². The van der Waals surface area contributed by atoms with Crippen LogP contribution in [0.1, 0.15) is 41.1 Å². The highest BCUT2D eigenvalue weighted by atomic mass is 19.1. The highest BCUT2D eigenvalue weighted by Crippen LogP contribution is 2.39. The molecule has 2 amide bonds. The Balaban J connectivity index is 1.66. The van der Waals surface area contributed by atoms with Gasteiger partial charge in [0.2, 0.25) is 5.82 Å². The normalized spacial score (nSPS) is 16.0. The molecule has 0 saturated heterocycles. The van der Waals surface area contributed by atoms with Crippen molar-refractivity contribution < 1.29 is 13.7 Å². The van der Waals surface area contributed by atoms with Gasteiger partial charge in [0.25, 0.3) is 5.89 Å². The molecule has 1 aliphatic heterocycles. The molecule has 35 heavy (non-hydrogen) atoms. The number of aryl methyl sites for hydroxylation is 3. The van der Waals surface area contributed by atoms with Crippen molar-refractivity contribution in [3.05, 3.63) is 106 Å². The lowest BCUT2D eigenvalue weighted by Crippen LogP contribution is -2.46. The maximum absolute atomic E-state index is 13.7. The Morgan fingerprint density at radius 1 is 0.886 bits per heavy atom. The average Bonchev–Trinajstić information content (AvgIpc) is 3.29. The Bertz CT molecular complexity index is 1420. The molecule has 0 fully saturated rings. The zero-order valence-electron chi connectivity index (χ0n) is 20.0. The zero-order valence-corrected chi connectivity index (χ0v) is 20.0. The van der Waals surface area contributed by atoms with Crippen LogP contribution in [0.25, 0.3) is 17.0 Å². The fourth-order valence-corrected chi connectivity index (χ4v) is 4.47. The van der Waals surface area contributed by atoms with Crippen molar-refractivity contribution in [2.75, 3.05) is 4.90 Å². The van der Waals surface area contributed by atoms with Crippen molar-refractivity contribution in [1.82, 2.24) is 15.5 Å². The Morgan fingerprint density at radius 2 is 1.54 bits per heavy atom. The Hall–Kier alpha value is -4.26. The molecular formula is C28H25FN4O2. The summed E-state index contributed by atoms with van der Waals surface area (Å²) < 4.78 is 19.4. The number of hydrogen-bond acceptors (Lipinski definition) is 4. The first kappa shape index (κ1) is 22.5. The van der Waals surface area contributed by atoms with Gasteiger partial charge in [-0.25, -0.2) is 9.18 Å². The highest BCUT2D eigenvalue weighted by molar-refractivity contribution is 6.01. The number of amides is 2. The van der Waals surface area contributed by atoms with Gasteiger partial charge >= 0.3 is 6.03 Å². The molecule has 1 atom stereocenters. The number of halogens is 1. The summed E-state index contributed by atoms with van der Waals surface area (Å²) in [6.45, 7) is 7.86. The van der Waals surface area contributed by atoms with E-state index in [0.29, 0.717) is 28.5 Å². The predicted molar refractivity (Wildman–Crippen MR) is 133 cm³/mol. The minimum atomic E-state index is -0.587. The van der Waals surface area contributed by atoms with E-state index in [4.69, 9.17) is 4.52 Å². The van der Waals surface area contributed by atoms with Crippen molar-refractivity contribution in [3.8, 4) is 11.4 Å². The summed E-state index contributed by atoms with van der Waals surface area (Å²) in [6.07, 6.45) is 0. The third-order valence-electron chi connectivity index (χ3n) is 6.12. The summed E-state index contributed by atoms with van der Waals surface area (Å²) in [5, 5.41) is 7.26. The van der Waals surface area contributed by atoms with E-state index in [9.17, 15) is 9.18 Å². The molecule has 0 spiro atoms. The molecule has 0 saturated carbocycles. The number of carbonyl (C=O) groups is 1. The van der Waals surface area contributed by atoms with E-state index in [2.05, 4.69) is 21.5 Å². The second-order valence-corrected chi connectivity index (χ2v) is 8.90. The molecule has 6 nitrogen and oxygen atoms in total. The summed E-state index contributed by atoms with van der Waals surface area (Å²) in [4.78, 5) is 19.6. The van der Waals surface area contributed by atoms with Crippen molar-refractivity contribution >= 4 is 17.3 Å². The third-order valence-corrected chi connectivity index (χ3v) is 6.12. The Kier molecular flexibility index (Phi) is 5.68. The summed E-state index contributed by atoms with van der Waals surface area (Å²) in [7, 11) is 0. The van der Waals surface area contributed by atoms with Gasteiger partial charge in [-0.3, -0.25) is 4.90 Å². The van der Waals surface area contributed by atoms with E-state index in [1.807, 2.05) is 64.1 Å². The Morgan fingerprint density at radius 3 is 2.20 bits per heavy atom. The lowest BCUT2D eigenvalue weighted by atomic mass is 9.94. The molecule has 1 unspecified atom stereocenters. The average molecular weight is 469 g/mol. The van der Waals surface area contributed by atoms with E-state index in [0.717, 1.165) is 27.9 Å². The lowest BCUT2D eigenvalue weighted by molar-refractivity contribution is 0.244. The first-order chi connectivity index (χ1) is 16.8. The molecule has 1 aliphatic rings. The number of anilines is 1. The van der Waals surface area contributed by atoms with Gasteiger partial charge in [0.15, 0.2) is 0 Å². The van der Waals surface area contributed by atoms with Crippen LogP contribution in [0.4, 0.5) is 14.9 Å². The van der Waals surface area contributed by atoms with E-state index < -0.39 is 6.04 Å². The molecule has 4 aromatic rings. The van der Waals surface area contributed by atoms with Gasteiger partial charge in [-0.2, -0.15) is 4.98 Å². The van der Waals surface area contributed by atoms with Crippen LogP contribution in [0.2, 0.25) is 0 Å². The molecule has 0 aliphatic carbocycles.